The Bertz CT molecular complexity index is 722. The average molecular weight is 325 g/mol. The van der Waals surface area contributed by atoms with E-state index in [0.717, 1.165) is 23.1 Å². The quantitative estimate of drug-likeness (QED) is 0.909. The van der Waals surface area contributed by atoms with Gasteiger partial charge in [0, 0.05) is 18.9 Å². The Morgan fingerprint density at radius 3 is 2.81 bits per heavy atom. The summed E-state index contributed by atoms with van der Waals surface area (Å²) in [7, 11) is 0. The molecule has 0 saturated heterocycles. The number of hydrogen-bond acceptors (Lipinski definition) is 6. The first kappa shape index (κ1) is 15.7. The van der Waals surface area contributed by atoms with E-state index in [9.17, 15) is 9.59 Å². The minimum absolute atomic E-state index is 0.180. The molecule has 0 aliphatic rings. The molecule has 0 spiro atoms. The Kier molecular flexibility index (Phi) is 4.79. The van der Waals surface area contributed by atoms with E-state index in [0.29, 0.717) is 27.5 Å². The maximum absolute atomic E-state index is 12.3. The second-order valence-corrected chi connectivity index (χ2v) is 7.12. The fourth-order valence-electron chi connectivity index (χ4n) is 1.73. The predicted octanol–water partition coefficient (Wildman–Crippen LogP) is 2.51. The molecule has 2 aromatic rings. The van der Waals surface area contributed by atoms with Crippen molar-refractivity contribution in [3.63, 3.8) is 0 Å². The van der Waals surface area contributed by atoms with Crippen LogP contribution in [0, 0.1) is 12.8 Å². The zero-order valence-electron chi connectivity index (χ0n) is 11.9. The van der Waals surface area contributed by atoms with E-state index in [1.165, 1.54) is 0 Å². The summed E-state index contributed by atoms with van der Waals surface area (Å²) in [5.41, 5.74) is 0.273. The van der Waals surface area contributed by atoms with Crippen LogP contribution in [0.15, 0.2) is 26.6 Å². The van der Waals surface area contributed by atoms with E-state index >= 15 is 0 Å². The summed E-state index contributed by atoms with van der Waals surface area (Å²) in [4.78, 5) is 31.7. The summed E-state index contributed by atoms with van der Waals surface area (Å²) in [5.74, 6) is -0.654. The number of hydrogen-bond donors (Lipinski definition) is 1. The van der Waals surface area contributed by atoms with Gasteiger partial charge in [-0.05, 0) is 24.6 Å². The molecule has 0 bridgehead atoms. The van der Waals surface area contributed by atoms with Gasteiger partial charge in [0.1, 0.15) is 4.88 Å². The lowest BCUT2D eigenvalue weighted by Gasteiger charge is -2.08. The minimum Gasteiger partial charge on any atom is -0.477 e. The molecule has 2 rings (SSSR count). The third kappa shape index (κ3) is 3.70. The fraction of sp³-hybridized carbons (Fsp3) is 0.385. The Morgan fingerprint density at radius 1 is 1.52 bits per heavy atom. The van der Waals surface area contributed by atoms with Gasteiger partial charge in [0.15, 0.2) is 9.37 Å². The standard InChI is InChI=1S/C13H15N3O3S2/c1-7(2)6-16-5-4-14-10(11(16)17)21-13-15-8(3)9(20-13)12(18)19/h4-5,7H,6H2,1-3H3,(H,18,19). The van der Waals surface area contributed by atoms with Crippen molar-refractivity contribution >= 4 is 29.1 Å². The molecule has 2 heterocycles. The van der Waals surface area contributed by atoms with Gasteiger partial charge in [0.25, 0.3) is 5.56 Å². The third-order valence-corrected chi connectivity index (χ3v) is 4.78. The van der Waals surface area contributed by atoms with Gasteiger partial charge in [-0.15, -0.1) is 0 Å². The molecule has 0 saturated carbocycles. The number of rotatable bonds is 5. The average Bonchev–Trinajstić information content (AvgIpc) is 2.75. The van der Waals surface area contributed by atoms with Gasteiger partial charge < -0.3 is 9.67 Å². The van der Waals surface area contributed by atoms with Crippen LogP contribution in [0.4, 0.5) is 0 Å². The Labute approximate surface area is 129 Å². The minimum atomic E-state index is -1.00. The van der Waals surface area contributed by atoms with Crippen molar-refractivity contribution in [2.75, 3.05) is 0 Å². The van der Waals surface area contributed by atoms with Crippen molar-refractivity contribution in [3.05, 3.63) is 33.3 Å². The van der Waals surface area contributed by atoms with E-state index in [-0.39, 0.29) is 10.4 Å². The van der Waals surface area contributed by atoms with Crippen LogP contribution in [0.5, 0.6) is 0 Å². The SMILES string of the molecule is Cc1nc(Sc2nccn(CC(C)C)c2=O)sc1C(=O)O. The van der Waals surface area contributed by atoms with Crippen LogP contribution >= 0.6 is 23.1 Å². The second kappa shape index (κ2) is 6.40. The molecule has 112 valence electrons. The van der Waals surface area contributed by atoms with E-state index in [1.807, 2.05) is 13.8 Å². The van der Waals surface area contributed by atoms with Gasteiger partial charge in [-0.1, -0.05) is 25.2 Å². The number of thiazole rings is 1. The summed E-state index contributed by atoms with van der Waals surface area (Å²) < 4.78 is 2.12. The normalized spacial score (nSPS) is 11.0. The number of aryl methyl sites for hydroxylation is 1. The van der Waals surface area contributed by atoms with Crippen LogP contribution in [0.1, 0.15) is 29.2 Å². The van der Waals surface area contributed by atoms with Crippen molar-refractivity contribution < 1.29 is 9.90 Å². The fourth-order valence-corrected chi connectivity index (χ4v) is 3.69. The van der Waals surface area contributed by atoms with Crippen LogP contribution in [0.25, 0.3) is 0 Å². The van der Waals surface area contributed by atoms with Gasteiger partial charge in [0.05, 0.1) is 5.69 Å². The van der Waals surface area contributed by atoms with E-state index in [2.05, 4.69) is 9.97 Å². The molecule has 0 aliphatic heterocycles. The maximum atomic E-state index is 12.3. The number of carboxylic acid groups (broad SMARTS) is 1. The second-order valence-electron chi connectivity index (χ2n) is 4.89. The van der Waals surface area contributed by atoms with Crippen LogP contribution in [0.2, 0.25) is 0 Å². The number of aromatic carboxylic acids is 1. The smallest absolute Gasteiger partial charge is 0.347 e. The van der Waals surface area contributed by atoms with Crippen LogP contribution in [-0.4, -0.2) is 25.6 Å². The molecule has 2 aromatic heterocycles. The van der Waals surface area contributed by atoms with Crippen LogP contribution in [0.3, 0.4) is 0 Å². The highest BCUT2D eigenvalue weighted by molar-refractivity contribution is 8.01. The molecular formula is C13H15N3O3S2. The highest BCUT2D eigenvalue weighted by atomic mass is 32.2. The Hall–Kier alpha value is -1.67. The Morgan fingerprint density at radius 2 is 2.24 bits per heavy atom. The van der Waals surface area contributed by atoms with E-state index in [4.69, 9.17) is 5.11 Å². The summed E-state index contributed by atoms with van der Waals surface area (Å²) in [6.07, 6.45) is 3.23. The summed E-state index contributed by atoms with van der Waals surface area (Å²) in [6.45, 7) is 6.32. The third-order valence-electron chi connectivity index (χ3n) is 2.60. The highest BCUT2D eigenvalue weighted by Gasteiger charge is 2.16. The molecule has 0 unspecified atom stereocenters. The first-order valence-electron chi connectivity index (χ1n) is 6.32. The summed E-state index contributed by atoms with van der Waals surface area (Å²) >= 11 is 2.16. The number of carbonyl (C=O) groups is 1. The lowest BCUT2D eigenvalue weighted by atomic mass is 10.2. The molecule has 1 N–H and O–H groups in total. The van der Waals surface area contributed by atoms with E-state index < -0.39 is 5.97 Å². The molecule has 0 amide bonds. The number of nitrogens with zero attached hydrogens (tertiary/aromatic N) is 3. The monoisotopic (exact) mass is 325 g/mol. The topological polar surface area (TPSA) is 85.1 Å². The van der Waals surface area contributed by atoms with Crippen LogP contribution in [-0.2, 0) is 6.54 Å². The van der Waals surface area contributed by atoms with Gasteiger partial charge in [-0.25, -0.2) is 14.8 Å². The van der Waals surface area contributed by atoms with Crippen LogP contribution < -0.4 is 5.56 Å². The molecule has 0 aromatic carbocycles. The molecule has 0 fully saturated rings. The molecule has 8 heteroatoms. The van der Waals surface area contributed by atoms with Gasteiger partial charge in [-0.3, -0.25) is 4.79 Å². The van der Waals surface area contributed by atoms with Crippen molar-refractivity contribution in [1.82, 2.24) is 14.5 Å². The number of carboxylic acids is 1. The summed E-state index contributed by atoms with van der Waals surface area (Å²) in [5, 5.41) is 9.33. The number of aromatic nitrogens is 3. The first-order chi connectivity index (χ1) is 9.88. The van der Waals surface area contributed by atoms with Crippen molar-refractivity contribution in [1.29, 1.82) is 0 Å². The van der Waals surface area contributed by atoms with Crippen molar-refractivity contribution in [2.24, 2.45) is 5.92 Å². The summed E-state index contributed by atoms with van der Waals surface area (Å²) in [6, 6.07) is 0. The van der Waals surface area contributed by atoms with E-state index in [1.54, 1.807) is 23.9 Å². The maximum Gasteiger partial charge on any atom is 0.347 e. The van der Waals surface area contributed by atoms with Gasteiger partial charge >= 0.3 is 5.97 Å². The highest BCUT2D eigenvalue weighted by Crippen LogP contribution is 2.30. The molecule has 21 heavy (non-hydrogen) atoms. The van der Waals surface area contributed by atoms with Gasteiger partial charge in [0.2, 0.25) is 0 Å². The van der Waals surface area contributed by atoms with Crippen molar-refractivity contribution in [2.45, 2.75) is 36.7 Å². The molecule has 0 atom stereocenters. The lowest BCUT2D eigenvalue weighted by molar-refractivity contribution is 0.0701. The van der Waals surface area contributed by atoms with Gasteiger partial charge in [-0.2, -0.15) is 0 Å². The molecule has 6 nitrogen and oxygen atoms in total. The van der Waals surface area contributed by atoms with Crippen molar-refractivity contribution in [3.8, 4) is 0 Å². The lowest BCUT2D eigenvalue weighted by Crippen LogP contribution is -2.23. The molecule has 0 radical (unpaired) electrons. The largest absolute Gasteiger partial charge is 0.477 e. The first-order valence-corrected chi connectivity index (χ1v) is 7.95. The zero-order valence-corrected chi connectivity index (χ0v) is 13.5. The Balaban J connectivity index is 2.30. The zero-order chi connectivity index (χ0) is 15.6. The molecular weight excluding hydrogens is 310 g/mol. The molecule has 0 aliphatic carbocycles. The predicted molar refractivity (Wildman–Crippen MR) is 81.3 cm³/mol.